The molecule has 1 fully saturated rings. The predicted molar refractivity (Wildman–Crippen MR) is 87.3 cm³/mol. The van der Waals surface area contributed by atoms with Gasteiger partial charge in [-0.2, -0.15) is 4.98 Å². The number of ether oxygens (including phenoxy) is 2. The molecule has 0 spiro atoms. The standard InChI is InChI=1S/C13H17Cl2N3O4S/c14-2-1-5-23(19,20)8-10-11-12(17-13(15)16-10)18-3-4-21-6-9(18)7-22-11/h9H,1-8H2. The summed E-state index contributed by atoms with van der Waals surface area (Å²) < 4.78 is 35.5. The third-order valence-electron chi connectivity index (χ3n) is 3.76. The van der Waals surface area contributed by atoms with Crippen LogP contribution in [0.15, 0.2) is 0 Å². The molecular weight excluding hydrogens is 365 g/mol. The van der Waals surface area contributed by atoms with Crippen LogP contribution in [-0.2, 0) is 20.3 Å². The van der Waals surface area contributed by atoms with Crippen molar-refractivity contribution < 1.29 is 17.9 Å². The molecule has 0 aliphatic carbocycles. The second-order valence-electron chi connectivity index (χ2n) is 5.46. The average molecular weight is 382 g/mol. The Morgan fingerprint density at radius 1 is 1.30 bits per heavy atom. The third-order valence-corrected chi connectivity index (χ3v) is 5.82. The fraction of sp³-hybridized carbons (Fsp3) is 0.692. The number of sulfone groups is 1. The van der Waals surface area contributed by atoms with E-state index < -0.39 is 9.84 Å². The minimum Gasteiger partial charge on any atom is -0.486 e. The highest BCUT2D eigenvalue weighted by molar-refractivity contribution is 7.90. The fourth-order valence-corrected chi connectivity index (χ4v) is 4.52. The zero-order chi connectivity index (χ0) is 16.4. The summed E-state index contributed by atoms with van der Waals surface area (Å²) in [4.78, 5) is 10.4. The van der Waals surface area contributed by atoms with E-state index in [0.29, 0.717) is 55.9 Å². The molecule has 0 bridgehead atoms. The molecule has 0 aromatic carbocycles. The van der Waals surface area contributed by atoms with E-state index in [9.17, 15) is 8.42 Å². The second kappa shape index (κ2) is 6.96. The van der Waals surface area contributed by atoms with E-state index in [0.717, 1.165) is 0 Å². The van der Waals surface area contributed by atoms with Crippen LogP contribution in [0.1, 0.15) is 12.1 Å². The van der Waals surface area contributed by atoms with E-state index in [2.05, 4.69) is 9.97 Å². The van der Waals surface area contributed by atoms with Crippen molar-refractivity contribution in [2.24, 2.45) is 0 Å². The lowest BCUT2D eigenvalue weighted by Crippen LogP contribution is -2.51. The number of morpholine rings is 1. The summed E-state index contributed by atoms with van der Waals surface area (Å²) in [6.45, 7) is 2.20. The van der Waals surface area contributed by atoms with Gasteiger partial charge in [-0.3, -0.25) is 0 Å². The van der Waals surface area contributed by atoms with Gasteiger partial charge in [0.05, 0.1) is 30.8 Å². The number of fused-ring (bicyclic) bond motifs is 3. The van der Waals surface area contributed by atoms with E-state index in [1.165, 1.54) is 0 Å². The van der Waals surface area contributed by atoms with Gasteiger partial charge in [0, 0.05) is 12.4 Å². The smallest absolute Gasteiger partial charge is 0.224 e. The fourth-order valence-electron chi connectivity index (χ4n) is 2.70. The first kappa shape index (κ1) is 17.0. The topological polar surface area (TPSA) is 81.6 Å². The number of anilines is 1. The molecule has 1 unspecified atom stereocenters. The van der Waals surface area contributed by atoms with E-state index in [1.807, 2.05) is 4.90 Å². The molecule has 0 saturated carbocycles. The van der Waals surface area contributed by atoms with Crippen LogP contribution in [-0.4, -0.2) is 62.4 Å². The summed E-state index contributed by atoms with van der Waals surface area (Å²) in [5, 5.41) is 0.0158. The molecule has 3 rings (SSSR count). The van der Waals surface area contributed by atoms with Gasteiger partial charge in [-0.15, -0.1) is 11.6 Å². The number of nitrogens with zero attached hydrogens (tertiary/aromatic N) is 3. The lowest BCUT2D eigenvalue weighted by Gasteiger charge is -2.40. The van der Waals surface area contributed by atoms with Crippen molar-refractivity contribution in [3.05, 3.63) is 11.0 Å². The molecule has 128 valence electrons. The lowest BCUT2D eigenvalue weighted by molar-refractivity contribution is 0.0693. The Morgan fingerprint density at radius 3 is 2.91 bits per heavy atom. The average Bonchev–Trinajstić information content (AvgIpc) is 2.52. The van der Waals surface area contributed by atoms with Gasteiger partial charge >= 0.3 is 0 Å². The monoisotopic (exact) mass is 381 g/mol. The van der Waals surface area contributed by atoms with Crippen LogP contribution >= 0.6 is 23.2 Å². The molecular formula is C13H17Cl2N3O4S. The van der Waals surface area contributed by atoms with Gasteiger partial charge in [0.1, 0.15) is 12.3 Å². The normalized spacial score (nSPS) is 20.6. The molecule has 1 atom stereocenters. The summed E-state index contributed by atoms with van der Waals surface area (Å²) in [5.74, 6) is 1.03. The Morgan fingerprint density at radius 2 is 2.13 bits per heavy atom. The third kappa shape index (κ3) is 3.81. The van der Waals surface area contributed by atoms with Gasteiger partial charge in [0.2, 0.25) is 5.28 Å². The van der Waals surface area contributed by atoms with Crippen molar-refractivity contribution in [1.82, 2.24) is 9.97 Å². The number of alkyl halides is 1. The van der Waals surface area contributed by atoms with E-state index >= 15 is 0 Å². The van der Waals surface area contributed by atoms with Gasteiger partial charge in [-0.05, 0) is 18.0 Å². The van der Waals surface area contributed by atoms with Crippen LogP contribution in [0, 0.1) is 0 Å². The summed E-state index contributed by atoms with van der Waals surface area (Å²) in [7, 11) is -3.33. The molecule has 1 aromatic rings. The largest absolute Gasteiger partial charge is 0.486 e. The second-order valence-corrected chi connectivity index (χ2v) is 8.36. The van der Waals surface area contributed by atoms with Crippen molar-refractivity contribution in [2.45, 2.75) is 18.2 Å². The summed E-state index contributed by atoms with van der Waals surface area (Å²) in [5.41, 5.74) is 0.305. The van der Waals surface area contributed by atoms with Gasteiger partial charge in [0.15, 0.2) is 21.4 Å². The molecule has 0 radical (unpaired) electrons. The van der Waals surface area contributed by atoms with Crippen LogP contribution in [0.25, 0.3) is 0 Å². The Hall–Kier alpha value is -0.830. The van der Waals surface area contributed by atoms with Crippen molar-refractivity contribution >= 4 is 38.9 Å². The highest BCUT2D eigenvalue weighted by Crippen LogP contribution is 2.37. The molecule has 23 heavy (non-hydrogen) atoms. The first-order valence-electron chi connectivity index (χ1n) is 7.30. The molecule has 2 aliphatic heterocycles. The van der Waals surface area contributed by atoms with Crippen LogP contribution in [0.3, 0.4) is 0 Å². The minimum absolute atomic E-state index is 0.00702. The summed E-state index contributed by atoms with van der Waals surface area (Å²) >= 11 is 11.6. The van der Waals surface area contributed by atoms with E-state index in [4.69, 9.17) is 32.7 Å². The van der Waals surface area contributed by atoms with Crippen LogP contribution < -0.4 is 9.64 Å². The van der Waals surface area contributed by atoms with Crippen molar-refractivity contribution in [2.75, 3.05) is 42.9 Å². The van der Waals surface area contributed by atoms with Crippen LogP contribution in [0.2, 0.25) is 5.28 Å². The number of hydrogen-bond donors (Lipinski definition) is 0. The molecule has 7 nitrogen and oxygen atoms in total. The van der Waals surface area contributed by atoms with Crippen molar-refractivity contribution in [1.29, 1.82) is 0 Å². The number of aromatic nitrogens is 2. The van der Waals surface area contributed by atoms with E-state index in [1.54, 1.807) is 0 Å². The summed E-state index contributed by atoms with van der Waals surface area (Å²) in [6, 6.07) is 0.0583. The number of hydrogen-bond acceptors (Lipinski definition) is 7. The molecule has 1 aromatic heterocycles. The van der Waals surface area contributed by atoms with Crippen molar-refractivity contribution in [3.8, 4) is 5.75 Å². The molecule has 2 aliphatic rings. The van der Waals surface area contributed by atoms with Crippen LogP contribution in [0.5, 0.6) is 5.75 Å². The Labute approximate surface area is 144 Å². The Balaban J connectivity index is 1.92. The van der Waals surface area contributed by atoms with Crippen LogP contribution in [0.4, 0.5) is 5.82 Å². The highest BCUT2D eigenvalue weighted by Gasteiger charge is 2.34. The first-order chi connectivity index (χ1) is 11.0. The number of halogens is 2. The molecule has 1 saturated heterocycles. The van der Waals surface area contributed by atoms with E-state index in [-0.39, 0.29) is 22.8 Å². The molecule has 10 heteroatoms. The SMILES string of the molecule is O=S(=O)(CCCCl)Cc1nc(Cl)nc2c1OCC1COCCN21. The van der Waals surface area contributed by atoms with Gasteiger partial charge in [-0.1, -0.05) is 0 Å². The van der Waals surface area contributed by atoms with Gasteiger partial charge in [-0.25, -0.2) is 13.4 Å². The lowest BCUT2D eigenvalue weighted by atomic mass is 10.2. The maximum Gasteiger partial charge on any atom is 0.224 e. The highest BCUT2D eigenvalue weighted by atomic mass is 35.5. The minimum atomic E-state index is -3.33. The zero-order valence-corrected chi connectivity index (χ0v) is 14.7. The Kier molecular flexibility index (Phi) is 5.15. The zero-order valence-electron chi connectivity index (χ0n) is 12.4. The molecule has 0 N–H and O–H groups in total. The van der Waals surface area contributed by atoms with Gasteiger partial charge < -0.3 is 14.4 Å². The quantitative estimate of drug-likeness (QED) is 0.560. The molecule has 0 amide bonds. The summed E-state index contributed by atoms with van der Waals surface area (Å²) in [6.07, 6.45) is 0.400. The molecule has 3 heterocycles. The van der Waals surface area contributed by atoms with Crippen molar-refractivity contribution in [3.63, 3.8) is 0 Å². The first-order valence-corrected chi connectivity index (χ1v) is 10.0. The maximum atomic E-state index is 12.2. The predicted octanol–water partition coefficient (Wildman–Crippen LogP) is 1.27. The maximum absolute atomic E-state index is 12.2. The Bertz CT molecular complexity index is 686. The number of rotatable bonds is 5. The van der Waals surface area contributed by atoms with Gasteiger partial charge in [0.25, 0.3) is 0 Å².